The third-order valence-corrected chi connectivity index (χ3v) is 3.38. The van der Waals surface area contributed by atoms with Crippen molar-refractivity contribution in [2.45, 2.75) is 19.9 Å². The normalized spacial score (nSPS) is 12.9. The molecule has 1 aromatic carbocycles. The molecule has 0 atom stereocenters. The Kier molecular flexibility index (Phi) is 2.99. The van der Waals surface area contributed by atoms with Crippen LogP contribution in [0, 0.1) is 6.92 Å². The number of aryl methyl sites for hydroxylation is 1. The molecule has 2 aromatic rings. The van der Waals surface area contributed by atoms with E-state index in [1.54, 1.807) is 6.20 Å². The molecule has 1 aliphatic heterocycles. The molecule has 0 amide bonds. The molecule has 1 aliphatic rings. The number of benzene rings is 1. The van der Waals surface area contributed by atoms with Gasteiger partial charge in [-0.3, -0.25) is 0 Å². The zero-order chi connectivity index (χ0) is 13.2. The maximum absolute atomic E-state index is 5.75. The molecular formula is C15H17N3O. The molecule has 0 saturated heterocycles. The molecule has 3 rings (SSSR count). The summed E-state index contributed by atoms with van der Waals surface area (Å²) in [6.07, 6.45) is 2.69. The highest BCUT2D eigenvalue weighted by molar-refractivity contribution is 5.51. The third-order valence-electron chi connectivity index (χ3n) is 3.38. The van der Waals surface area contributed by atoms with Gasteiger partial charge in [0.25, 0.3) is 0 Å². The van der Waals surface area contributed by atoms with Crippen LogP contribution in [-0.2, 0) is 13.0 Å². The Hall–Kier alpha value is -2.23. The summed E-state index contributed by atoms with van der Waals surface area (Å²) in [6.45, 7) is 3.53. The first-order chi connectivity index (χ1) is 9.22. The van der Waals surface area contributed by atoms with Gasteiger partial charge in [-0.05, 0) is 35.7 Å². The van der Waals surface area contributed by atoms with E-state index >= 15 is 0 Å². The van der Waals surface area contributed by atoms with Gasteiger partial charge in [-0.1, -0.05) is 12.1 Å². The second-order valence-corrected chi connectivity index (χ2v) is 4.82. The van der Waals surface area contributed by atoms with E-state index in [1.165, 1.54) is 11.1 Å². The number of fused-ring (bicyclic) bond motifs is 1. The highest BCUT2D eigenvalue weighted by Gasteiger charge is 2.11. The van der Waals surface area contributed by atoms with Gasteiger partial charge in [0.2, 0.25) is 0 Å². The van der Waals surface area contributed by atoms with Gasteiger partial charge < -0.3 is 15.8 Å². The van der Waals surface area contributed by atoms with Crippen LogP contribution in [-0.4, -0.2) is 11.6 Å². The molecular weight excluding hydrogens is 238 g/mol. The number of aromatic nitrogens is 1. The van der Waals surface area contributed by atoms with Crippen molar-refractivity contribution >= 4 is 11.5 Å². The zero-order valence-corrected chi connectivity index (χ0v) is 10.9. The van der Waals surface area contributed by atoms with E-state index in [2.05, 4.69) is 22.4 Å². The average molecular weight is 255 g/mol. The smallest absolute Gasteiger partial charge is 0.126 e. The molecule has 0 aliphatic carbocycles. The first-order valence-corrected chi connectivity index (χ1v) is 6.43. The summed E-state index contributed by atoms with van der Waals surface area (Å²) in [6, 6.07) is 8.29. The van der Waals surface area contributed by atoms with Crippen LogP contribution in [0.1, 0.15) is 16.7 Å². The lowest BCUT2D eigenvalue weighted by Gasteiger charge is -2.08. The summed E-state index contributed by atoms with van der Waals surface area (Å²) in [5, 5.41) is 3.31. The van der Waals surface area contributed by atoms with Gasteiger partial charge in [0.05, 0.1) is 18.5 Å². The van der Waals surface area contributed by atoms with Crippen LogP contribution in [0.2, 0.25) is 0 Å². The van der Waals surface area contributed by atoms with Gasteiger partial charge >= 0.3 is 0 Å². The van der Waals surface area contributed by atoms with Crippen LogP contribution < -0.4 is 15.8 Å². The van der Waals surface area contributed by atoms with E-state index < -0.39 is 0 Å². The van der Waals surface area contributed by atoms with Gasteiger partial charge in [-0.15, -0.1) is 0 Å². The molecule has 3 N–H and O–H groups in total. The molecule has 0 spiro atoms. The lowest BCUT2D eigenvalue weighted by atomic mass is 10.1. The molecule has 4 nitrogen and oxygen atoms in total. The van der Waals surface area contributed by atoms with Crippen molar-refractivity contribution in [3.63, 3.8) is 0 Å². The predicted octanol–water partition coefficient (Wildman–Crippen LogP) is 2.52. The largest absolute Gasteiger partial charge is 0.493 e. The van der Waals surface area contributed by atoms with Crippen molar-refractivity contribution in [2.75, 3.05) is 17.7 Å². The molecule has 1 aromatic heterocycles. The number of anilines is 2. The zero-order valence-electron chi connectivity index (χ0n) is 10.9. The highest BCUT2D eigenvalue weighted by Crippen LogP contribution is 2.26. The van der Waals surface area contributed by atoms with Crippen LogP contribution in [0.3, 0.4) is 0 Å². The number of hydrogen-bond donors (Lipinski definition) is 2. The van der Waals surface area contributed by atoms with Crippen LogP contribution in [0.15, 0.2) is 30.5 Å². The second kappa shape index (κ2) is 4.80. The first kappa shape index (κ1) is 11.8. The Morgan fingerprint density at radius 2 is 2.26 bits per heavy atom. The van der Waals surface area contributed by atoms with Crippen molar-refractivity contribution in [3.8, 4) is 5.75 Å². The van der Waals surface area contributed by atoms with Gasteiger partial charge in [0.1, 0.15) is 11.6 Å². The minimum Gasteiger partial charge on any atom is -0.493 e. The molecule has 0 saturated carbocycles. The summed E-state index contributed by atoms with van der Waals surface area (Å²) in [5.74, 6) is 1.87. The average Bonchev–Trinajstić information content (AvgIpc) is 2.87. The van der Waals surface area contributed by atoms with Gasteiger partial charge in [0, 0.05) is 13.0 Å². The van der Waals surface area contributed by atoms with Gasteiger partial charge in [-0.2, -0.15) is 0 Å². The number of nitrogens with one attached hydrogen (secondary N) is 1. The van der Waals surface area contributed by atoms with Crippen molar-refractivity contribution < 1.29 is 4.74 Å². The van der Waals surface area contributed by atoms with E-state index in [0.717, 1.165) is 42.4 Å². The summed E-state index contributed by atoms with van der Waals surface area (Å²) in [7, 11) is 0. The van der Waals surface area contributed by atoms with Crippen molar-refractivity contribution in [1.82, 2.24) is 4.98 Å². The van der Waals surface area contributed by atoms with Crippen molar-refractivity contribution in [2.24, 2.45) is 0 Å². The summed E-state index contributed by atoms with van der Waals surface area (Å²) in [5.41, 5.74) is 10.0. The van der Waals surface area contributed by atoms with Gasteiger partial charge in [0.15, 0.2) is 0 Å². The number of rotatable bonds is 3. The lowest BCUT2D eigenvalue weighted by Crippen LogP contribution is -2.03. The van der Waals surface area contributed by atoms with E-state index in [0.29, 0.717) is 0 Å². The number of ether oxygens (including phenoxy) is 1. The quantitative estimate of drug-likeness (QED) is 0.884. The highest BCUT2D eigenvalue weighted by atomic mass is 16.5. The molecule has 0 fully saturated rings. The summed E-state index contributed by atoms with van der Waals surface area (Å²) in [4.78, 5) is 4.27. The van der Waals surface area contributed by atoms with Crippen LogP contribution in [0.5, 0.6) is 5.75 Å². The van der Waals surface area contributed by atoms with Crippen molar-refractivity contribution in [1.29, 1.82) is 0 Å². The molecule has 19 heavy (non-hydrogen) atoms. The van der Waals surface area contributed by atoms with E-state index in [9.17, 15) is 0 Å². The topological polar surface area (TPSA) is 60.2 Å². The Balaban J connectivity index is 1.70. The van der Waals surface area contributed by atoms with Gasteiger partial charge in [-0.25, -0.2) is 4.98 Å². The lowest BCUT2D eigenvalue weighted by molar-refractivity contribution is 0.357. The second-order valence-electron chi connectivity index (χ2n) is 4.82. The SMILES string of the molecule is Cc1cc(NCc2ccc3c(c2)CCO3)ncc1N. The number of nitrogens with two attached hydrogens (primary N) is 1. The molecule has 0 unspecified atom stereocenters. The fraction of sp³-hybridized carbons (Fsp3) is 0.267. The maximum Gasteiger partial charge on any atom is 0.126 e. The minimum atomic E-state index is 0.722. The molecule has 98 valence electrons. The maximum atomic E-state index is 5.75. The fourth-order valence-electron chi connectivity index (χ4n) is 2.21. The summed E-state index contributed by atoms with van der Waals surface area (Å²) >= 11 is 0. The Labute approximate surface area is 112 Å². The summed E-state index contributed by atoms with van der Waals surface area (Å²) < 4.78 is 5.50. The van der Waals surface area contributed by atoms with Crippen molar-refractivity contribution in [3.05, 3.63) is 47.2 Å². The minimum absolute atomic E-state index is 0.722. The van der Waals surface area contributed by atoms with Crippen LogP contribution in [0.25, 0.3) is 0 Å². The van der Waals surface area contributed by atoms with Crippen LogP contribution >= 0.6 is 0 Å². The fourth-order valence-corrected chi connectivity index (χ4v) is 2.21. The third kappa shape index (κ3) is 2.47. The molecule has 0 radical (unpaired) electrons. The molecule has 2 heterocycles. The van der Waals surface area contributed by atoms with E-state index in [4.69, 9.17) is 10.5 Å². The Morgan fingerprint density at radius 3 is 3.11 bits per heavy atom. The number of pyridine rings is 1. The monoisotopic (exact) mass is 255 g/mol. The number of nitrogen functional groups attached to an aromatic ring is 1. The number of nitrogens with zero attached hydrogens (tertiary/aromatic N) is 1. The molecule has 4 heteroatoms. The van der Waals surface area contributed by atoms with E-state index in [1.807, 2.05) is 19.1 Å². The van der Waals surface area contributed by atoms with Crippen LogP contribution in [0.4, 0.5) is 11.5 Å². The Bertz CT molecular complexity index is 610. The standard InChI is InChI=1S/C15H17N3O/c1-10-6-15(18-9-13(10)16)17-8-11-2-3-14-12(7-11)4-5-19-14/h2-3,6-7,9H,4-5,8,16H2,1H3,(H,17,18). The first-order valence-electron chi connectivity index (χ1n) is 6.43. The number of hydrogen-bond acceptors (Lipinski definition) is 4. The Morgan fingerprint density at radius 1 is 1.37 bits per heavy atom. The van der Waals surface area contributed by atoms with E-state index in [-0.39, 0.29) is 0 Å². The molecule has 0 bridgehead atoms. The predicted molar refractivity (Wildman–Crippen MR) is 76.4 cm³/mol.